The molecular formula is C17H15ClF2N2O3. The summed E-state index contributed by atoms with van der Waals surface area (Å²) in [5.74, 6) is -0.652. The summed E-state index contributed by atoms with van der Waals surface area (Å²) in [5, 5.41) is 5.40. The number of amides is 2. The van der Waals surface area contributed by atoms with Crippen LogP contribution in [-0.4, -0.2) is 25.5 Å². The average Bonchev–Trinajstić information content (AvgIpc) is 2.57. The number of carbonyl (C=O) groups excluding carboxylic acids is 2. The third-order valence-electron chi connectivity index (χ3n) is 3.24. The molecule has 0 unspecified atom stereocenters. The van der Waals surface area contributed by atoms with Gasteiger partial charge in [0, 0.05) is 12.6 Å². The van der Waals surface area contributed by atoms with Gasteiger partial charge in [0.2, 0.25) is 5.91 Å². The van der Waals surface area contributed by atoms with Gasteiger partial charge in [0.15, 0.2) is 0 Å². The van der Waals surface area contributed by atoms with E-state index in [9.17, 15) is 18.4 Å². The molecule has 0 atom stereocenters. The van der Waals surface area contributed by atoms with Crippen molar-refractivity contribution in [2.45, 2.75) is 13.0 Å². The SMILES string of the molecule is CNC(=O)c1ccc(Cl)c(NC(=O)Cc2ccc(OC(F)F)cc2)c1. The summed E-state index contributed by atoms with van der Waals surface area (Å²) in [7, 11) is 1.50. The quantitative estimate of drug-likeness (QED) is 0.820. The van der Waals surface area contributed by atoms with Crippen LogP contribution in [0.5, 0.6) is 5.75 Å². The van der Waals surface area contributed by atoms with Gasteiger partial charge in [-0.05, 0) is 35.9 Å². The molecule has 2 aromatic rings. The fraction of sp³-hybridized carbons (Fsp3) is 0.176. The van der Waals surface area contributed by atoms with Crippen molar-refractivity contribution in [3.05, 3.63) is 58.6 Å². The third-order valence-corrected chi connectivity index (χ3v) is 3.57. The predicted molar refractivity (Wildman–Crippen MR) is 90.2 cm³/mol. The van der Waals surface area contributed by atoms with Crippen molar-refractivity contribution in [3.8, 4) is 5.75 Å². The first-order chi connectivity index (χ1) is 11.9. The first-order valence-electron chi connectivity index (χ1n) is 7.24. The lowest BCUT2D eigenvalue weighted by molar-refractivity contribution is -0.115. The second-order valence-electron chi connectivity index (χ2n) is 5.02. The molecule has 0 aliphatic heterocycles. The van der Waals surface area contributed by atoms with Crippen LogP contribution >= 0.6 is 11.6 Å². The minimum Gasteiger partial charge on any atom is -0.435 e. The van der Waals surface area contributed by atoms with Crippen LogP contribution in [0.1, 0.15) is 15.9 Å². The highest BCUT2D eigenvalue weighted by Crippen LogP contribution is 2.23. The molecule has 8 heteroatoms. The van der Waals surface area contributed by atoms with Gasteiger partial charge in [-0.3, -0.25) is 9.59 Å². The number of hydrogen-bond donors (Lipinski definition) is 2. The van der Waals surface area contributed by atoms with E-state index in [0.29, 0.717) is 21.8 Å². The zero-order chi connectivity index (χ0) is 18.4. The number of rotatable bonds is 6. The lowest BCUT2D eigenvalue weighted by atomic mass is 10.1. The smallest absolute Gasteiger partial charge is 0.387 e. The van der Waals surface area contributed by atoms with Gasteiger partial charge in [-0.25, -0.2) is 0 Å². The minimum absolute atomic E-state index is 0.00941. The average molecular weight is 369 g/mol. The lowest BCUT2D eigenvalue weighted by Crippen LogP contribution is -2.19. The van der Waals surface area contributed by atoms with Crippen LogP contribution in [-0.2, 0) is 11.2 Å². The Morgan fingerprint density at radius 2 is 1.84 bits per heavy atom. The first kappa shape index (κ1) is 18.7. The summed E-state index contributed by atoms with van der Waals surface area (Å²) >= 11 is 6.03. The number of ether oxygens (including phenoxy) is 1. The van der Waals surface area contributed by atoms with Gasteiger partial charge in [0.25, 0.3) is 5.91 Å². The van der Waals surface area contributed by atoms with E-state index < -0.39 is 6.61 Å². The standard InChI is InChI=1S/C17H15ClF2N2O3/c1-21-16(24)11-4-7-13(18)14(9-11)22-15(23)8-10-2-5-12(6-3-10)25-17(19)20/h2-7,9,17H,8H2,1H3,(H,21,24)(H,22,23). The van der Waals surface area contributed by atoms with Crippen molar-refractivity contribution in [2.24, 2.45) is 0 Å². The van der Waals surface area contributed by atoms with Crippen LogP contribution in [0.4, 0.5) is 14.5 Å². The third kappa shape index (κ3) is 5.42. The summed E-state index contributed by atoms with van der Waals surface area (Å²) in [6, 6.07) is 10.3. The largest absolute Gasteiger partial charge is 0.435 e. The Kier molecular flexibility index (Phi) is 6.30. The highest BCUT2D eigenvalue weighted by atomic mass is 35.5. The number of nitrogens with one attached hydrogen (secondary N) is 2. The Hall–Kier alpha value is -2.67. The van der Waals surface area contributed by atoms with Gasteiger partial charge in [0.1, 0.15) is 5.75 Å². The minimum atomic E-state index is -2.90. The number of hydrogen-bond acceptors (Lipinski definition) is 3. The molecule has 132 valence electrons. The molecule has 0 bridgehead atoms. The van der Waals surface area contributed by atoms with Crippen molar-refractivity contribution in [2.75, 3.05) is 12.4 Å². The van der Waals surface area contributed by atoms with Crippen molar-refractivity contribution in [3.63, 3.8) is 0 Å². The Balaban J connectivity index is 2.03. The second kappa shape index (κ2) is 8.43. The van der Waals surface area contributed by atoms with Crippen molar-refractivity contribution in [1.29, 1.82) is 0 Å². The maximum atomic E-state index is 12.1. The molecule has 0 aliphatic carbocycles. The number of alkyl halides is 2. The lowest BCUT2D eigenvalue weighted by Gasteiger charge is -2.10. The maximum absolute atomic E-state index is 12.1. The van der Waals surface area contributed by atoms with E-state index >= 15 is 0 Å². The van der Waals surface area contributed by atoms with E-state index in [0.717, 1.165) is 0 Å². The first-order valence-corrected chi connectivity index (χ1v) is 7.62. The summed E-state index contributed by atoms with van der Waals surface area (Å²) in [6.45, 7) is -2.90. The van der Waals surface area contributed by atoms with Gasteiger partial charge in [0.05, 0.1) is 17.1 Å². The fourth-order valence-electron chi connectivity index (χ4n) is 2.08. The molecule has 0 heterocycles. The van der Waals surface area contributed by atoms with Crippen LogP contribution < -0.4 is 15.4 Å². The van der Waals surface area contributed by atoms with E-state index in [1.807, 2.05) is 0 Å². The molecular weight excluding hydrogens is 354 g/mol. The van der Waals surface area contributed by atoms with Crippen molar-refractivity contribution in [1.82, 2.24) is 5.32 Å². The molecule has 0 saturated carbocycles. The summed E-state index contributed by atoms with van der Waals surface area (Å²) in [5.41, 5.74) is 1.28. The Labute approximate surface area is 147 Å². The van der Waals surface area contributed by atoms with E-state index in [-0.39, 0.29) is 24.0 Å². The summed E-state index contributed by atoms with van der Waals surface area (Å²) < 4.78 is 28.4. The van der Waals surface area contributed by atoms with Crippen LogP contribution in [0.15, 0.2) is 42.5 Å². The molecule has 2 aromatic carbocycles. The van der Waals surface area contributed by atoms with Crippen LogP contribution in [0.25, 0.3) is 0 Å². The van der Waals surface area contributed by atoms with E-state index in [4.69, 9.17) is 11.6 Å². The Morgan fingerprint density at radius 3 is 2.44 bits per heavy atom. The van der Waals surface area contributed by atoms with Gasteiger partial charge in [-0.1, -0.05) is 23.7 Å². The number of halogens is 3. The molecule has 2 amide bonds. The van der Waals surface area contributed by atoms with E-state index in [1.165, 1.54) is 43.4 Å². The van der Waals surface area contributed by atoms with Crippen LogP contribution in [0.3, 0.4) is 0 Å². The number of anilines is 1. The number of carbonyl (C=O) groups is 2. The second-order valence-corrected chi connectivity index (χ2v) is 5.43. The zero-order valence-electron chi connectivity index (χ0n) is 13.2. The topological polar surface area (TPSA) is 67.4 Å². The summed E-state index contributed by atoms with van der Waals surface area (Å²) in [4.78, 5) is 23.8. The zero-order valence-corrected chi connectivity index (χ0v) is 13.9. The Bertz CT molecular complexity index is 767. The molecule has 0 aliphatic rings. The highest BCUT2D eigenvalue weighted by Gasteiger charge is 2.11. The van der Waals surface area contributed by atoms with Crippen molar-refractivity contribution < 1.29 is 23.1 Å². The molecule has 2 N–H and O–H groups in total. The van der Waals surface area contributed by atoms with E-state index in [2.05, 4.69) is 15.4 Å². The molecule has 0 fully saturated rings. The van der Waals surface area contributed by atoms with Gasteiger partial charge < -0.3 is 15.4 Å². The molecule has 0 saturated heterocycles. The van der Waals surface area contributed by atoms with E-state index in [1.54, 1.807) is 6.07 Å². The summed E-state index contributed by atoms with van der Waals surface area (Å²) in [6.07, 6.45) is 0.00941. The van der Waals surface area contributed by atoms with Gasteiger partial charge in [-0.15, -0.1) is 0 Å². The monoisotopic (exact) mass is 368 g/mol. The predicted octanol–water partition coefficient (Wildman–Crippen LogP) is 3.48. The van der Waals surface area contributed by atoms with Crippen LogP contribution in [0, 0.1) is 0 Å². The molecule has 2 rings (SSSR count). The van der Waals surface area contributed by atoms with Crippen molar-refractivity contribution >= 4 is 29.1 Å². The number of benzene rings is 2. The van der Waals surface area contributed by atoms with Gasteiger partial charge in [-0.2, -0.15) is 8.78 Å². The maximum Gasteiger partial charge on any atom is 0.387 e. The van der Waals surface area contributed by atoms with Crippen LogP contribution in [0.2, 0.25) is 5.02 Å². The molecule has 0 radical (unpaired) electrons. The highest BCUT2D eigenvalue weighted by molar-refractivity contribution is 6.33. The molecule has 5 nitrogen and oxygen atoms in total. The molecule has 0 aromatic heterocycles. The normalized spacial score (nSPS) is 10.4. The molecule has 0 spiro atoms. The molecule has 25 heavy (non-hydrogen) atoms. The Morgan fingerprint density at radius 1 is 1.16 bits per heavy atom. The fourth-order valence-corrected chi connectivity index (χ4v) is 2.24. The van der Waals surface area contributed by atoms with Gasteiger partial charge >= 0.3 is 6.61 Å².